The normalized spacial score (nSPS) is 21.1. The lowest BCUT2D eigenvalue weighted by Crippen LogP contribution is -2.25. The van der Waals surface area contributed by atoms with Gasteiger partial charge in [0.2, 0.25) is 0 Å². The molecule has 0 radical (unpaired) electrons. The molecule has 2 aliphatic rings. The highest BCUT2D eigenvalue weighted by Gasteiger charge is 2.32. The van der Waals surface area contributed by atoms with E-state index in [9.17, 15) is 0 Å². The van der Waals surface area contributed by atoms with Gasteiger partial charge in [-0.15, -0.1) is 0 Å². The monoisotopic (exact) mass is 687 g/mol. The van der Waals surface area contributed by atoms with Crippen molar-refractivity contribution in [2.75, 3.05) is 0 Å². The lowest BCUT2D eigenvalue weighted by atomic mass is 9.68. The first-order valence-electron chi connectivity index (χ1n) is 20.9. The number of aryl methyl sites for hydroxylation is 1. The first-order valence-corrected chi connectivity index (χ1v) is 20.9. The summed E-state index contributed by atoms with van der Waals surface area (Å²) in [7, 11) is 0. The van der Waals surface area contributed by atoms with E-state index in [-0.39, 0.29) is 11.4 Å². The Morgan fingerprint density at radius 1 is 0.500 bits per heavy atom. The summed E-state index contributed by atoms with van der Waals surface area (Å²) >= 11 is 0. The van der Waals surface area contributed by atoms with Crippen molar-refractivity contribution in [3.63, 3.8) is 0 Å². The van der Waals surface area contributed by atoms with E-state index in [2.05, 4.69) is 13.8 Å². The Balaban J connectivity index is 1.08. The van der Waals surface area contributed by atoms with Gasteiger partial charge in [-0.3, -0.25) is 0 Å². The summed E-state index contributed by atoms with van der Waals surface area (Å²) in [6.07, 6.45) is 28.7. The lowest BCUT2D eigenvalue weighted by molar-refractivity contribution is 0.155. The summed E-state index contributed by atoms with van der Waals surface area (Å²) in [5, 5.41) is 0. The molecule has 3 aromatic carbocycles. The fourth-order valence-corrected chi connectivity index (χ4v) is 9.22. The third kappa shape index (κ3) is 11.0. The number of halogens is 3. The molecule has 5 rings (SSSR count). The molecule has 0 saturated heterocycles. The van der Waals surface area contributed by atoms with Gasteiger partial charge in [0.15, 0.2) is 11.6 Å². The zero-order chi connectivity index (χ0) is 35.1. The van der Waals surface area contributed by atoms with Crippen LogP contribution < -0.4 is 0 Å². The van der Waals surface area contributed by atoms with Crippen molar-refractivity contribution >= 4 is 0 Å². The van der Waals surface area contributed by atoms with Crippen LogP contribution in [0.25, 0.3) is 22.3 Å². The molecule has 0 N–H and O–H groups in total. The van der Waals surface area contributed by atoms with E-state index < -0.39 is 11.6 Å². The molecule has 3 heteroatoms. The van der Waals surface area contributed by atoms with Crippen molar-refractivity contribution in [1.82, 2.24) is 0 Å². The molecule has 0 amide bonds. The van der Waals surface area contributed by atoms with E-state index >= 15 is 13.2 Å². The number of unbranched alkanes of at least 4 members (excludes halogenated alkanes) is 11. The summed E-state index contributed by atoms with van der Waals surface area (Å²) < 4.78 is 45.8. The molecule has 0 heterocycles. The van der Waals surface area contributed by atoms with Gasteiger partial charge in [0, 0.05) is 5.56 Å². The second kappa shape index (κ2) is 20.5. The Labute approximate surface area is 303 Å². The lowest BCUT2D eigenvalue weighted by Gasteiger charge is -2.38. The highest BCUT2D eigenvalue weighted by Crippen LogP contribution is 2.45. The summed E-state index contributed by atoms with van der Waals surface area (Å²) in [6, 6.07) is 16.6. The molecule has 0 nitrogen and oxygen atoms in total. The minimum Gasteiger partial charge on any atom is -0.207 e. The van der Waals surface area contributed by atoms with Crippen molar-refractivity contribution in [3.8, 4) is 22.3 Å². The van der Waals surface area contributed by atoms with Crippen LogP contribution in [0.15, 0.2) is 54.6 Å². The Morgan fingerprint density at radius 2 is 1.04 bits per heavy atom. The first-order chi connectivity index (χ1) is 24.5. The van der Waals surface area contributed by atoms with E-state index in [1.807, 2.05) is 36.4 Å². The molecule has 3 aromatic rings. The quantitative estimate of drug-likeness (QED) is 0.110. The van der Waals surface area contributed by atoms with Gasteiger partial charge in [0.25, 0.3) is 0 Å². The van der Waals surface area contributed by atoms with Gasteiger partial charge in [0.05, 0.1) is 0 Å². The van der Waals surface area contributed by atoms with Crippen molar-refractivity contribution in [1.29, 1.82) is 0 Å². The molecule has 0 spiro atoms. The molecular formula is C47H65F3. The van der Waals surface area contributed by atoms with Crippen LogP contribution >= 0.6 is 0 Å². The third-order valence-corrected chi connectivity index (χ3v) is 12.5. The second-order valence-corrected chi connectivity index (χ2v) is 16.0. The predicted octanol–water partition coefficient (Wildman–Crippen LogP) is 15.6. The topological polar surface area (TPSA) is 0 Å². The maximum Gasteiger partial charge on any atom is 0.166 e. The average molecular weight is 687 g/mol. The number of hydrogen-bond acceptors (Lipinski definition) is 0. The van der Waals surface area contributed by atoms with Crippen LogP contribution in [-0.4, -0.2) is 0 Å². The molecule has 2 saturated carbocycles. The fraction of sp³-hybridized carbons (Fsp3) is 0.617. The molecule has 274 valence electrons. The summed E-state index contributed by atoms with van der Waals surface area (Å²) in [5.74, 6) is 1.34. The highest BCUT2D eigenvalue weighted by molar-refractivity contribution is 5.71. The molecule has 0 unspecified atom stereocenters. The largest absolute Gasteiger partial charge is 0.207 e. The van der Waals surface area contributed by atoms with Crippen LogP contribution in [0.4, 0.5) is 13.2 Å². The molecular weight excluding hydrogens is 622 g/mol. The molecule has 0 atom stereocenters. The van der Waals surface area contributed by atoms with Gasteiger partial charge < -0.3 is 0 Å². The van der Waals surface area contributed by atoms with Crippen LogP contribution in [0.5, 0.6) is 0 Å². The Kier molecular flexibility index (Phi) is 15.8. The predicted molar refractivity (Wildman–Crippen MR) is 207 cm³/mol. The van der Waals surface area contributed by atoms with Crippen LogP contribution in [0.2, 0.25) is 0 Å². The summed E-state index contributed by atoms with van der Waals surface area (Å²) in [5.41, 5.74) is 3.93. The molecule has 2 aliphatic carbocycles. The van der Waals surface area contributed by atoms with Gasteiger partial charge >= 0.3 is 0 Å². The zero-order valence-corrected chi connectivity index (χ0v) is 31.4. The van der Waals surface area contributed by atoms with Crippen LogP contribution in [0.3, 0.4) is 0 Å². The second-order valence-electron chi connectivity index (χ2n) is 16.0. The summed E-state index contributed by atoms with van der Waals surface area (Å²) in [6.45, 7) is 4.51. The highest BCUT2D eigenvalue weighted by atomic mass is 19.2. The van der Waals surface area contributed by atoms with E-state index in [1.165, 1.54) is 109 Å². The number of hydrogen-bond donors (Lipinski definition) is 0. The van der Waals surface area contributed by atoms with Gasteiger partial charge in [-0.05, 0) is 109 Å². The minimum atomic E-state index is -0.777. The number of benzene rings is 3. The SMILES string of the molecule is CCCCCCCCCCc1ccc(-c2ccc(-c3ccc(C4CCC(C5CCC(CCCCCCC)CC5)CC4)c(F)c3)cc2)c(F)c1F. The van der Waals surface area contributed by atoms with Gasteiger partial charge in [0.1, 0.15) is 5.82 Å². The van der Waals surface area contributed by atoms with Crippen molar-refractivity contribution in [2.45, 2.75) is 167 Å². The maximum atomic E-state index is 15.6. The van der Waals surface area contributed by atoms with E-state index in [0.717, 1.165) is 66.5 Å². The third-order valence-electron chi connectivity index (χ3n) is 12.5. The standard InChI is InChI=1S/C47H65F3/c1-3-5-7-9-10-11-13-15-17-41-30-33-44(47(50)46(41)49)40-28-24-38(25-29-40)42-31-32-43(45(48)34-42)39-26-22-37(23-27-39)36-20-18-35(19-21-36)16-14-12-8-6-4-2/h24-25,28-37,39H,3-23,26-27H2,1-2H3. The summed E-state index contributed by atoms with van der Waals surface area (Å²) in [4.78, 5) is 0. The number of rotatable bonds is 19. The Morgan fingerprint density at radius 3 is 1.66 bits per heavy atom. The van der Waals surface area contributed by atoms with Crippen molar-refractivity contribution in [2.24, 2.45) is 17.8 Å². The van der Waals surface area contributed by atoms with Crippen LogP contribution in [-0.2, 0) is 6.42 Å². The smallest absolute Gasteiger partial charge is 0.166 e. The Hall–Kier alpha value is -2.55. The molecule has 0 bridgehead atoms. The zero-order valence-electron chi connectivity index (χ0n) is 31.4. The van der Waals surface area contributed by atoms with Crippen LogP contribution in [0.1, 0.15) is 172 Å². The molecule has 0 aliphatic heterocycles. The first kappa shape index (κ1) is 38.7. The van der Waals surface area contributed by atoms with Gasteiger partial charge in [-0.1, -0.05) is 159 Å². The molecule has 2 fully saturated rings. The van der Waals surface area contributed by atoms with E-state index in [4.69, 9.17) is 0 Å². The fourth-order valence-electron chi connectivity index (χ4n) is 9.22. The van der Waals surface area contributed by atoms with Crippen LogP contribution in [0, 0.1) is 35.2 Å². The van der Waals surface area contributed by atoms with Gasteiger partial charge in [-0.25, -0.2) is 13.2 Å². The molecule has 50 heavy (non-hydrogen) atoms. The van der Waals surface area contributed by atoms with E-state index in [0.29, 0.717) is 23.5 Å². The molecule has 0 aromatic heterocycles. The van der Waals surface area contributed by atoms with Gasteiger partial charge in [-0.2, -0.15) is 0 Å². The Bertz CT molecular complexity index is 1410. The minimum absolute atomic E-state index is 0.116. The van der Waals surface area contributed by atoms with Crippen molar-refractivity contribution in [3.05, 3.63) is 83.2 Å². The average Bonchev–Trinajstić information content (AvgIpc) is 3.15. The van der Waals surface area contributed by atoms with Crippen molar-refractivity contribution < 1.29 is 13.2 Å². The van der Waals surface area contributed by atoms with E-state index in [1.54, 1.807) is 18.2 Å². The maximum absolute atomic E-state index is 15.6.